The van der Waals surface area contributed by atoms with Gasteiger partial charge < -0.3 is 19.5 Å². The van der Waals surface area contributed by atoms with Gasteiger partial charge in [0.1, 0.15) is 12.2 Å². The van der Waals surface area contributed by atoms with Gasteiger partial charge in [-0.05, 0) is 77.3 Å². The Balaban J connectivity index is 2.15. The Morgan fingerprint density at radius 2 is 1.00 bits per heavy atom. The molecule has 2 atom stereocenters. The monoisotopic (exact) mass is 736 g/mol. The Hall–Kier alpha value is -1.14. The zero-order valence-electron chi connectivity index (χ0n) is 35.1. The number of carbonyl (C=O) groups excluding carboxylic acids is 2. The number of carbonyl (C=O) groups is 2. The number of hydrogen-bond donors (Lipinski definition) is 1. The largest absolute Gasteiger partial charge is 0.462 e. The topological polar surface area (TPSA) is 76.1 Å². The van der Waals surface area contributed by atoms with E-state index >= 15 is 0 Å². The lowest BCUT2D eigenvalue weighted by molar-refractivity contribution is -0.186. The first-order valence-corrected chi connectivity index (χ1v) is 23.3. The second-order valence-corrected chi connectivity index (χ2v) is 16.4. The molecule has 1 fully saturated rings. The van der Waals surface area contributed by atoms with Crippen molar-refractivity contribution in [2.75, 3.05) is 26.2 Å². The Labute approximate surface area is 323 Å². The van der Waals surface area contributed by atoms with Crippen molar-refractivity contribution in [2.24, 2.45) is 5.92 Å². The third kappa shape index (κ3) is 28.3. The highest BCUT2D eigenvalue weighted by Crippen LogP contribution is 2.31. The van der Waals surface area contributed by atoms with E-state index in [-0.39, 0.29) is 36.7 Å². The fraction of sp³-hybridized carbons (Fsp3) is 0.957. The highest BCUT2D eigenvalue weighted by Gasteiger charge is 2.40. The van der Waals surface area contributed by atoms with Crippen LogP contribution in [-0.2, 0) is 19.1 Å². The van der Waals surface area contributed by atoms with Gasteiger partial charge in [-0.3, -0.25) is 9.59 Å². The van der Waals surface area contributed by atoms with Crippen LogP contribution in [0.15, 0.2) is 0 Å². The number of unbranched alkanes of at least 4 members (excludes halogenated alkanes) is 24. The van der Waals surface area contributed by atoms with Gasteiger partial charge in [-0.15, -0.1) is 0 Å². The number of nitrogens with zero attached hydrogens (tertiary/aromatic N) is 1. The molecular weight excluding hydrogens is 647 g/mol. The maximum atomic E-state index is 12.7. The van der Waals surface area contributed by atoms with Gasteiger partial charge in [0.2, 0.25) is 0 Å². The van der Waals surface area contributed by atoms with Crippen LogP contribution in [0.5, 0.6) is 0 Å². The minimum atomic E-state index is 0.0105. The van der Waals surface area contributed by atoms with Gasteiger partial charge in [-0.1, -0.05) is 168 Å². The number of cyclic esters (lactones) is 1. The molecule has 1 heterocycles. The Morgan fingerprint density at radius 3 is 1.50 bits per heavy atom. The lowest BCUT2D eigenvalue weighted by Crippen LogP contribution is -2.45. The normalized spacial score (nSPS) is 15.8. The number of esters is 2. The summed E-state index contributed by atoms with van der Waals surface area (Å²) in [7, 11) is 0. The molecule has 0 aromatic carbocycles. The Bertz CT molecular complexity index is 775. The molecule has 0 saturated carbocycles. The van der Waals surface area contributed by atoms with E-state index < -0.39 is 0 Å². The molecule has 6 heteroatoms. The van der Waals surface area contributed by atoms with Crippen LogP contribution in [0.4, 0.5) is 0 Å². The molecule has 0 amide bonds. The molecule has 0 spiro atoms. The zero-order chi connectivity index (χ0) is 37.7. The van der Waals surface area contributed by atoms with E-state index in [1.54, 1.807) is 0 Å². The Kier molecular flexibility index (Phi) is 34.6. The van der Waals surface area contributed by atoms with Gasteiger partial charge in [0.05, 0.1) is 12.5 Å². The first-order chi connectivity index (χ1) is 25.5. The van der Waals surface area contributed by atoms with Crippen molar-refractivity contribution >= 4 is 11.9 Å². The van der Waals surface area contributed by atoms with E-state index in [4.69, 9.17) is 9.47 Å². The summed E-state index contributed by atoms with van der Waals surface area (Å²) >= 11 is 0. The minimum Gasteiger partial charge on any atom is -0.462 e. The molecule has 0 aromatic rings. The van der Waals surface area contributed by atoms with Gasteiger partial charge in [0, 0.05) is 13.0 Å². The molecule has 52 heavy (non-hydrogen) atoms. The molecule has 0 bridgehead atoms. The molecule has 6 nitrogen and oxygen atoms in total. The molecule has 0 aliphatic carbocycles. The van der Waals surface area contributed by atoms with E-state index in [9.17, 15) is 14.7 Å². The molecule has 1 rings (SSSR count). The first-order valence-electron chi connectivity index (χ1n) is 23.3. The summed E-state index contributed by atoms with van der Waals surface area (Å²) in [5.41, 5.74) is 0. The van der Waals surface area contributed by atoms with E-state index in [2.05, 4.69) is 25.7 Å². The second-order valence-electron chi connectivity index (χ2n) is 16.4. The summed E-state index contributed by atoms with van der Waals surface area (Å²) in [6.07, 6.45) is 41.1. The number of hydrogen-bond acceptors (Lipinski definition) is 6. The van der Waals surface area contributed by atoms with Crippen molar-refractivity contribution in [3.8, 4) is 0 Å². The minimum absolute atomic E-state index is 0.0105. The summed E-state index contributed by atoms with van der Waals surface area (Å²) in [4.78, 5) is 27.2. The highest BCUT2D eigenvalue weighted by molar-refractivity contribution is 5.78. The molecule has 2 unspecified atom stereocenters. The maximum absolute atomic E-state index is 12.7. The summed E-state index contributed by atoms with van der Waals surface area (Å²) < 4.78 is 11.5. The summed E-state index contributed by atoms with van der Waals surface area (Å²) in [5, 5.41) is 9.62. The second kappa shape index (κ2) is 36.8. The van der Waals surface area contributed by atoms with Crippen molar-refractivity contribution in [3.63, 3.8) is 0 Å². The van der Waals surface area contributed by atoms with E-state index in [1.807, 2.05) is 0 Å². The van der Waals surface area contributed by atoms with Crippen LogP contribution in [-0.4, -0.2) is 60.4 Å². The van der Waals surface area contributed by atoms with Crippen LogP contribution in [0, 0.1) is 5.92 Å². The van der Waals surface area contributed by atoms with Crippen molar-refractivity contribution in [1.82, 2.24) is 4.90 Å². The number of aliphatic hydroxyl groups excluding tert-OH is 1. The number of aliphatic hydroxyl groups is 1. The molecule has 308 valence electrons. The maximum Gasteiger partial charge on any atom is 0.313 e. The number of ether oxygens (including phenoxy) is 2. The highest BCUT2D eigenvalue weighted by atomic mass is 16.6. The molecule has 1 saturated heterocycles. The lowest BCUT2D eigenvalue weighted by atomic mass is 9.87. The standard InChI is InChI=1S/C46H89NO5/c1-4-7-10-13-16-17-18-19-23-28-36-44-43(46(50)52-44)35-30-32-39-47(40-41-48)38-31-25-20-24-29-37-45(49)51-42(33-26-21-14-11-8-5-2)34-27-22-15-12-9-6-3/h42-44,48H,4-41H2,1-3H3. The molecule has 1 aliphatic rings. The van der Waals surface area contributed by atoms with Gasteiger partial charge in [-0.25, -0.2) is 0 Å². The molecule has 0 aromatic heterocycles. The average Bonchev–Trinajstić information content (AvgIpc) is 3.13. The Morgan fingerprint density at radius 1 is 0.577 bits per heavy atom. The van der Waals surface area contributed by atoms with Gasteiger partial charge >= 0.3 is 11.9 Å². The molecular formula is C46H89NO5. The van der Waals surface area contributed by atoms with Crippen molar-refractivity contribution in [3.05, 3.63) is 0 Å². The summed E-state index contributed by atoms with van der Waals surface area (Å²) in [6, 6.07) is 0. The fourth-order valence-electron chi connectivity index (χ4n) is 7.92. The van der Waals surface area contributed by atoms with Gasteiger partial charge in [0.15, 0.2) is 0 Å². The van der Waals surface area contributed by atoms with Crippen LogP contribution in [0.1, 0.15) is 239 Å². The fourth-order valence-corrected chi connectivity index (χ4v) is 7.92. The molecule has 0 radical (unpaired) electrons. The van der Waals surface area contributed by atoms with Crippen LogP contribution in [0.2, 0.25) is 0 Å². The molecule has 1 aliphatic heterocycles. The zero-order valence-corrected chi connectivity index (χ0v) is 35.1. The smallest absolute Gasteiger partial charge is 0.313 e. The van der Waals surface area contributed by atoms with Gasteiger partial charge in [0.25, 0.3) is 0 Å². The van der Waals surface area contributed by atoms with Crippen LogP contribution >= 0.6 is 0 Å². The number of rotatable bonds is 41. The predicted octanol–water partition coefficient (Wildman–Crippen LogP) is 13.1. The van der Waals surface area contributed by atoms with E-state index in [0.717, 1.165) is 90.3 Å². The van der Waals surface area contributed by atoms with E-state index in [0.29, 0.717) is 6.42 Å². The third-order valence-electron chi connectivity index (χ3n) is 11.4. The quantitative estimate of drug-likeness (QED) is 0.0498. The van der Waals surface area contributed by atoms with Crippen LogP contribution in [0.25, 0.3) is 0 Å². The summed E-state index contributed by atoms with van der Waals surface area (Å²) in [5.74, 6) is 0.128. The van der Waals surface area contributed by atoms with Crippen LogP contribution in [0.3, 0.4) is 0 Å². The van der Waals surface area contributed by atoms with Gasteiger partial charge in [-0.2, -0.15) is 0 Å². The summed E-state index contributed by atoms with van der Waals surface area (Å²) in [6.45, 7) is 9.70. The van der Waals surface area contributed by atoms with Crippen molar-refractivity contribution in [1.29, 1.82) is 0 Å². The molecule has 1 N–H and O–H groups in total. The third-order valence-corrected chi connectivity index (χ3v) is 11.4. The lowest BCUT2D eigenvalue weighted by Gasteiger charge is -2.35. The SMILES string of the molecule is CCCCCCCCCCCCC1OC(=O)C1CCCCN(CCO)CCCCCCCC(=O)OC(CCCCCCCC)CCCCCCCC. The van der Waals surface area contributed by atoms with E-state index in [1.165, 1.54) is 141 Å². The predicted molar refractivity (Wildman–Crippen MR) is 221 cm³/mol. The van der Waals surface area contributed by atoms with Crippen molar-refractivity contribution < 1.29 is 24.2 Å². The van der Waals surface area contributed by atoms with Crippen molar-refractivity contribution in [2.45, 2.75) is 251 Å². The first kappa shape index (κ1) is 48.9. The average molecular weight is 736 g/mol. The van der Waals surface area contributed by atoms with Crippen LogP contribution < -0.4 is 0 Å².